The highest BCUT2D eigenvalue weighted by molar-refractivity contribution is 5.76. The van der Waals surface area contributed by atoms with Gasteiger partial charge in [0.1, 0.15) is 5.66 Å². The first-order valence-electron chi connectivity index (χ1n) is 9.06. The third-order valence-electron chi connectivity index (χ3n) is 5.36. The molecule has 2 aromatic rings. The number of hydrogen-bond acceptors (Lipinski definition) is 4. The van der Waals surface area contributed by atoms with Crippen molar-refractivity contribution in [1.82, 2.24) is 5.32 Å². The van der Waals surface area contributed by atoms with Crippen LogP contribution in [0.5, 0.6) is 0 Å². The summed E-state index contributed by atoms with van der Waals surface area (Å²) in [5.74, 6) is 0.307. The van der Waals surface area contributed by atoms with Gasteiger partial charge in [0.15, 0.2) is 0 Å². The molecule has 0 aromatic heterocycles. The fourth-order valence-electron chi connectivity index (χ4n) is 4.02. The highest BCUT2D eigenvalue weighted by atomic mass is 15.1. The van der Waals surface area contributed by atoms with Crippen LogP contribution in [0, 0.1) is 0 Å². The maximum absolute atomic E-state index is 6.81. The van der Waals surface area contributed by atoms with Crippen LogP contribution in [0.2, 0.25) is 0 Å². The van der Waals surface area contributed by atoms with Crippen molar-refractivity contribution in [3.05, 3.63) is 65.2 Å². The molecule has 0 spiro atoms. The van der Waals surface area contributed by atoms with Crippen LogP contribution in [0.3, 0.4) is 0 Å². The van der Waals surface area contributed by atoms with Crippen molar-refractivity contribution >= 4 is 17.5 Å². The van der Waals surface area contributed by atoms with Crippen LogP contribution < -0.4 is 21.7 Å². The Kier molecular flexibility index (Phi) is 4.24. The molecule has 4 nitrogen and oxygen atoms in total. The zero-order valence-corrected chi connectivity index (χ0v) is 14.7. The standard InChI is InChI=1S/C21H26N4/c1-23-12-13-24-17-7-9-20-16(14-17)10-11-21(22,25-20)19-8-6-15-4-2-3-5-18(15)19/h2-5,7,9-11,14,19,23-25H,6,8,12-13,22H2,1H3/t19?,21-/m1/s1. The Bertz CT molecular complexity index is 798. The van der Waals surface area contributed by atoms with Gasteiger partial charge >= 0.3 is 0 Å². The van der Waals surface area contributed by atoms with Crippen LogP contribution >= 0.6 is 0 Å². The second-order valence-electron chi connectivity index (χ2n) is 7.01. The van der Waals surface area contributed by atoms with E-state index in [1.807, 2.05) is 7.05 Å². The number of fused-ring (bicyclic) bond motifs is 2. The lowest BCUT2D eigenvalue weighted by Gasteiger charge is -2.38. The Labute approximate surface area is 149 Å². The van der Waals surface area contributed by atoms with Crippen LogP contribution in [0.15, 0.2) is 48.5 Å². The summed E-state index contributed by atoms with van der Waals surface area (Å²) >= 11 is 0. The Morgan fingerprint density at radius 1 is 1.20 bits per heavy atom. The smallest absolute Gasteiger partial charge is 0.112 e. The molecule has 0 amide bonds. The molecule has 0 fully saturated rings. The Morgan fingerprint density at radius 2 is 2.08 bits per heavy atom. The summed E-state index contributed by atoms with van der Waals surface area (Å²) < 4.78 is 0. The van der Waals surface area contributed by atoms with Crippen LogP contribution in [0.1, 0.15) is 29.0 Å². The van der Waals surface area contributed by atoms with Crippen molar-refractivity contribution in [3.8, 4) is 0 Å². The minimum Gasteiger partial charge on any atom is -0.384 e. The second kappa shape index (κ2) is 6.54. The van der Waals surface area contributed by atoms with E-state index in [0.717, 1.165) is 37.3 Å². The van der Waals surface area contributed by atoms with Crippen molar-refractivity contribution in [1.29, 1.82) is 0 Å². The van der Waals surface area contributed by atoms with Gasteiger partial charge in [-0.1, -0.05) is 30.3 Å². The van der Waals surface area contributed by atoms with E-state index in [0.29, 0.717) is 5.92 Å². The fourth-order valence-corrected chi connectivity index (χ4v) is 4.02. The van der Waals surface area contributed by atoms with Crippen LogP contribution in [-0.2, 0) is 6.42 Å². The molecule has 2 aromatic carbocycles. The van der Waals surface area contributed by atoms with E-state index >= 15 is 0 Å². The van der Waals surface area contributed by atoms with E-state index in [-0.39, 0.29) is 0 Å². The summed E-state index contributed by atoms with van der Waals surface area (Å²) in [5, 5.41) is 10.2. The number of hydrogen-bond donors (Lipinski definition) is 4. The van der Waals surface area contributed by atoms with Crippen LogP contribution in [0.4, 0.5) is 11.4 Å². The lowest BCUT2D eigenvalue weighted by Crippen LogP contribution is -2.51. The molecule has 25 heavy (non-hydrogen) atoms. The van der Waals surface area contributed by atoms with Gasteiger partial charge in [-0.15, -0.1) is 0 Å². The minimum absolute atomic E-state index is 0.307. The molecule has 2 aliphatic rings. The summed E-state index contributed by atoms with van der Waals surface area (Å²) in [5.41, 5.74) is 12.5. The molecule has 2 atom stereocenters. The molecule has 5 N–H and O–H groups in total. The predicted molar refractivity (Wildman–Crippen MR) is 106 cm³/mol. The van der Waals surface area contributed by atoms with E-state index < -0.39 is 5.66 Å². The topological polar surface area (TPSA) is 62.1 Å². The van der Waals surface area contributed by atoms with Gasteiger partial charge in [-0.05, 0) is 60.9 Å². The van der Waals surface area contributed by atoms with Gasteiger partial charge in [0.2, 0.25) is 0 Å². The van der Waals surface area contributed by atoms with Gasteiger partial charge in [0, 0.05) is 30.4 Å². The molecule has 1 heterocycles. The summed E-state index contributed by atoms with van der Waals surface area (Å²) in [6, 6.07) is 15.1. The predicted octanol–water partition coefficient (Wildman–Crippen LogP) is 3.14. The lowest BCUT2D eigenvalue weighted by atomic mass is 9.84. The Balaban J connectivity index is 1.56. The van der Waals surface area contributed by atoms with E-state index in [9.17, 15) is 0 Å². The first kappa shape index (κ1) is 16.2. The molecular formula is C21H26N4. The maximum Gasteiger partial charge on any atom is 0.112 e. The summed E-state index contributed by atoms with van der Waals surface area (Å²) in [7, 11) is 1.96. The van der Waals surface area contributed by atoms with Gasteiger partial charge in [-0.2, -0.15) is 0 Å². The number of likely N-dealkylation sites (N-methyl/N-ethyl adjacent to an activating group) is 1. The van der Waals surface area contributed by atoms with E-state index in [4.69, 9.17) is 5.73 Å². The molecular weight excluding hydrogens is 308 g/mol. The molecule has 1 unspecified atom stereocenters. The highest BCUT2D eigenvalue weighted by Crippen LogP contribution is 2.42. The molecule has 0 saturated heterocycles. The largest absolute Gasteiger partial charge is 0.384 e. The molecule has 1 aliphatic carbocycles. The van der Waals surface area contributed by atoms with E-state index in [1.165, 1.54) is 16.7 Å². The molecule has 4 rings (SSSR count). The van der Waals surface area contributed by atoms with E-state index in [2.05, 4.69) is 70.6 Å². The van der Waals surface area contributed by atoms with E-state index in [1.54, 1.807) is 0 Å². The molecule has 0 bridgehead atoms. The van der Waals surface area contributed by atoms with Gasteiger partial charge in [0.05, 0.1) is 0 Å². The van der Waals surface area contributed by atoms with Crippen molar-refractivity contribution in [2.45, 2.75) is 24.4 Å². The van der Waals surface area contributed by atoms with Crippen molar-refractivity contribution in [2.75, 3.05) is 30.8 Å². The molecule has 1 aliphatic heterocycles. The van der Waals surface area contributed by atoms with Crippen molar-refractivity contribution < 1.29 is 0 Å². The summed E-state index contributed by atoms with van der Waals surface area (Å²) in [6.07, 6.45) is 6.50. The Morgan fingerprint density at radius 3 is 2.96 bits per heavy atom. The second-order valence-corrected chi connectivity index (χ2v) is 7.01. The average Bonchev–Trinajstić information content (AvgIpc) is 3.07. The zero-order valence-electron chi connectivity index (χ0n) is 14.7. The quantitative estimate of drug-likeness (QED) is 0.635. The highest BCUT2D eigenvalue weighted by Gasteiger charge is 2.39. The first-order chi connectivity index (χ1) is 12.2. The molecule has 0 radical (unpaired) electrons. The summed E-state index contributed by atoms with van der Waals surface area (Å²) in [4.78, 5) is 0. The number of aryl methyl sites for hydroxylation is 1. The number of nitrogens with one attached hydrogen (secondary N) is 3. The molecule has 4 heteroatoms. The van der Waals surface area contributed by atoms with Gasteiger partial charge in [0.25, 0.3) is 0 Å². The third-order valence-corrected chi connectivity index (χ3v) is 5.36. The van der Waals surface area contributed by atoms with Gasteiger partial charge in [-0.25, -0.2) is 0 Å². The van der Waals surface area contributed by atoms with Gasteiger partial charge in [-0.3, -0.25) is 0 Å². The Hall–Kier alpha value is -2.30. The van der Waals surface area contributed by atoms with Gasteiger partial charge < -0.3 is 21.7 Å². The van der Waals surface area contributed by atoms with Crippen molar-refractivity contribution in [3.63, 3.8) is 0 Å². The number of nitrogens with two attached hydrogens (primary N) is 1. The average molecular weight is 334 g/mol. The number of rotatable bonds is 5. The zero-order chi connectivity index (χ0) is 17.3. The monoisotopic (exact) mass is 334 g/mol. The first-order valence-corrected chi connectivity index (χ1v) is 9.06. The molecule has 0 saturated carbocycles. The third kappa shape index (κ3) is 3.03. The van der Waals surface area contributed by atoms with Crippen LogP contribution in [0.25, 0.3) is 6.08 Å². The fraction of sp³-hybridized carbons (Fsp3) is 0.333. The SMILES string of the molecule is CNCCNc1ccc2c(c1)C=C[C@](N)(C1CCc3ccccc31)N2. The number of benzene rings is 2. The van der Waals surface area contributed by atoms with Crippen molar-refractivity contribution in [2.24, 2.45) is 5.73 Å². The maximum atomic E-state index is 6.81. The summed E-state index contributed by atoms with van der Waals surface area (Å²) in [6.45, 7) is 1.85. The normalized spacial score (nSPS) is 23.7. The van der Waals surface area contributed by atoms with Crippen LogP contribution in [-0.4, -0.2) is 25.8 Å². The lowest BCUT2D eigenvalue weighted by molar-refractivity contribution is 0.468. The number of anilines is 2. The molecule has 130 valence electrons. The minimum atomic E-state index is -0.527.